The molecule has 3 rings (SSSR count). The van der Waals surface area contributed by atoms with E-state index >= 15 is 0 Å². The van der Waals surface area contributed by atoms with E-state index in [0.29, 0.717) is 29.2 Å². The average molecular weight is 364 g/mol. The molecule has 1 aromatic carbocycles. The largest absolute Gasteiger partial charge is 0.354 e. The Morgan fingerprint density at radius 2 is 1.92 bits per heavy atom. The van der Waals surface area contributed by atoms with Crippen molar-refractivity contribution < 1.29 is 14.4 Å². The molecule has 0 aromatic heterocycles. The first-order valence-corrected chi connectivity index (χ1v) is 8.89. The highest BCUT2D eigenvalue weighted by molar-refractivity contribution is 6.39. The predicted octanol–water partition coefficient (Wildman–Crippen LogP) is 2.04. The lowest BCUT2D eigenvalue weighted by Crippen LogP contribution is -2.42. The third-order valence-electron chi connectivity index (χ3n) is 5.25. The second kappa shape index (κ2) is 7.04. The van der Waals surface area contributed by atoms with Gasteiger partial charge in [0.15, 0.2) is 0 Å². The van der Waals surface area contributed by atoms with Crippen LogP contribution in [0.15, 0.2) is 24.3 Å². The number of nitrogens with zero attached hydrogens (tertiary/aromatic N) is 1. The maximum Gasteiger partial charge on any atom is 0.313 e. The Bertz CT molecular complexity index is 685. The van der Waals surface area contributed by atoms with Crippen molar-refractivity contribution in [1.82, 2.24) is 10.2 Å². The zero-order chi connectivity index (χ0) is 18.0. The first kappa shape index (κ1) is 17.7. The first-order valence-electron chi connectivity index (χ1n) is 8.51. The Labute approximate surface area is 151 Å². The van der Waals surface area contributed by atoms with Crippen LogP contribution in [0.25, 0.3) is 0 Å². The lowest BCUT2D eigenvalue weighted by Gasteiger charge is -2.26. The molecule has 0 saturated heterocycles. The molecule has 0 radical (unpaired) electrons. The van der Waals surface area contributed by atoms with Gasteiger partial charge in [0.05, 0.1) is 0 Å². The van der Waals surface area contributed by atoms with Gasteiger partial charge in [0.25, 0.3) is 0 Å². The van der Waals surface area contributed by atoms with E-state index in [-0.39, 0.29) is 11.8 Å². The van der Waals surface area contributed by atoms with Gasteiger partial charge in [-0.2, -0.15) is 0 Å². The minimum atomic E-state index is -0.716. The van der Waals surface area contributed by atoms with Crippen molar-refractivity contribution in [3.05, 3.63) is 29.3 Å². The fourth-order valence-electron chi connectivity index (χ4n) is 3.36. The number of likely N-dealkylation sites (N-methyl/N-ethyl adjacent to an activating group) is 1. The summed E-state index contributed by atoms with van der Waals surface area (Å²) >= 11 is 5.78. The summed E-state index contributed by atoms with van der Waals surface area (Å²) < 4.78 is 0. The molecule has 2 aliphatic carbocycles. The van der Waals surface area contributed by atoms with Crippen molar-refractivity contribution in [2.45, 2.75) is 25.7 Å². The summed E-state index contributed by atoms with van der Waals surface area (Å²) in [7, 11) is 1.54. The highest BCUT2D eigenvalue weighted by Crippen LogP contribution is 2.65. The maximum absolute atomic E-state index is 12.1. The molecule has 6 nitrogen and oxygen atoms in total. The molecule has 25 heavy (non-hydrogen) atoms. The van der Waals surface area contributed by atoms with E-state index in [0.717, 1.165) is 19.3 Å². The molecule has 1 atom stereocenters. The fourth-order valence-corrected chi connectivity index (χ4v) is 3.49. The monoisotopic (exact) mass is 363 g/mol. The Morgan fingerprint density at radius 3 is 2.48 bits per heavy atom. The van der Waals surface area contributed by atoms with Crippen LogP contribution >= 0.6 is 11.6 Å². The molecule has 2 saturated carbocycles. The van der Waals surface area contributed by atoms with Gasteiger partial charge in [-0.1, -0.05) is 18.0 Å². The number of hydrogen-bond donors (Lipinski definition) is 2. The number of anilines is 1. The number of halogens is 1. The highest BCUT2D eigenvalue weighted by atomic mass is 35.5. The van der Waals surface area contributed by atoms with Crippen molar-refractivity contribution >= 4 is 35.0 Å². The van der Waals surface area contributed by atoms with Crippen molar-refractivity contribution in [2.75, 3.05) is 25.5 Å². The Morgan fingerprint density at radius 1 is 1.24 bits per heavy atom. The number of amides is 3. The van der Waals surface area contributed by atoms with Gasteiger partial charge in [-0.05, 0) is 48.9 Å². The van der Waals surface area contributed by atoms with E-state index in [1.165, 1.54) is 11.3 Å². The Balaban J connectivity index is 1.39. The van der Waals surface area contributed by atoms with Gasteiger partial charge in [0.2, 0.25) is 5.91 Å². The van der Waals surface area contributed by atoms with Gasteiger partial charge < -0.3 is 15.5 Å². The Kier molecular flexibility index (Phi) is 4.99. The molecule has 2 aliphatic rings. The van der Waals surface area contributed by atoms with Crippen LogP contribution in [0.2, 0.25) is 5.02 Å². The van der Waals surface area contributed by atoms with E-state index in [1.807, 2.05) is 0 Å². The van der Waals surface area contributed by atoms with Gasteiger partial charge in [0.1, 0.15) is 0 Å². The van der Waals surface area contributed by atoms with Crippen LogP contribution in [0, 0.1) is 11.3 Å². The zero-order valence-corrected chi connectivity index (χ0v) is 14.9. The number of rotatable bonds is 5. The topological polar surface area (TPSA) is 78.5 Å². The number of hydrogen-bond acceptors (Lipinski definition) is 3. The average Bonchev–Trinajstić information content (AvgIpc) is 3.32. The summed E-state index contributed by atoms with van der Waals surface area (Å²) in [5.41, 5.74) is 0.800. The van der Waals surface area contributed by atoms with E-state index < -0.39 is 11.8 Å². The van der Waals surface area contributed by atoms with E-state index in [2.05, 4.69) is 10.6 Å². The highest BCUT2D eigenvalue weighted by Gasteiger charge is 2.60. The van der Waals surface area contributed by atoms with E-state index in [9.17, 15) is 14.4 Å². The second-order valence-corrected chi connectivity index (χ2v) is 7.39. The molecule has 1 aromatic rings. The first-order chi connectivity index (χ1) is 11.9. The molecule has 2 fully saturated rings. The fraction of sp³-hybridized carbons (Fsp3) is 0.500. The van der Waals surface area contributed by atoms with Gasteiger partial charge in [-0.25, -0.2) is 0 Å². The van der Waals surface area contributed by atoms with Crippen molar-refractivity contribution in [1.29, 1.82) is 0 Å². The molecule has 134 valence electrons. The molecule has 1 spiro atoms. The standard InChI is InChI=1S/C18H22ClN3O3/c1-22(10-9-20-15(23)14-11-18(14)7-2-8-18)17(25)16(24)21-13-5-3-12(19)4-6-13/h3-6,14H,2,7-11H2,1H3,(H,20,23)(H,21,24). The molecule has 2 N–H and O–H groups in total. The van der Waals surface area contributed by atoms with Crippen LogP contribution in [-0.2, 0) is 14.4 Å². The van der Waals surface area contributed by atoms with E-state index in [1.54, 1.807) is 31.3 Å². The van der Waals surface area contributed by atoms with Crippen LogP contribution in [0.5, 0.6) is 0 Å². The quantitative estimate of drug-likeness (QED) is 0.786. The summed E-state index contributed by atoms with van der Waals surface area (Å²) in [6.07, 6.45) is 4.55. The number of carbonyl (C=O) groups is 3. The molecular weight excluding hydrogens is 342 g/mol. The third-order valence-corrected chi connectivity index (χ3v) is 5.50. The van der Waals surface area contributed by atoms with Crippen LogP contribution in [0.3, 0.4) is 0 Å². The van der Waals surface area contributed by atoms with Gasteiger partial charge in [-0.3, -0.25) is 14.4 Å². The Hall–Kier alpha value is -2.08. The third kappa shape index (κ3) is 3.95. The summed E-state index contributed by atoms with van der Waals surface area (Å²) in [4.78, 5) is 37.4. The van der Waals surface area contributed by atoms with Crippen LogP contribution < -0.4 is 10.6 Å². The second-order valence-electron chi connectivity index (χ2n) is 6.95. The summed E-state index contributed by atoms with van der Waals surface area (Å²) in [6.45, 7) is 0.639. The lowest BCUT2D eigenvalue weighted by atomic mass is 9.80. The van der Waals surface area contributed by atoms with Gasteiger partial charge >= 0.3 is 11.8 Å². The molecule has 3 amide bonds. The molecular formula is C18H22ClN3O3. The smallest absolute Gasteiger partial charge is 0.313 e. The van der Waals surface area contributed by atoms with Crippen LogP contribution in [0.4, 0.5) is 5.69 Å². The minimum absolute atomic E-state index is 0.0752. The van der Waals surface area contributed by atoms with E-state index in [4.69, 9.17) is 11.6 Å². The molecule has 0 aliphatic heterocycles. The summed E-state index contributed by atoms with van der Waals surface area (Å²) in [5, 5.41) is 5.95. The zero-order valence-electron chi connectivity index (χ0n) is 14.2. The maximum atomic E-state index is 12.1. The normalized spacial score (nSPS) is 19.7. The van der Waals surface area contributed by atoms with Crippen LogP contribution in [-0.4, -0.2) is 42.8 Å². The predicted molar refractivity (Wildman–Crippen MR) is 95.1 cm³/mol. The van der Waals surface area contributed by atoms with Crippen molar-refractivity contribution in [2.24, 2.45) is 11.3 Å². The van der Waals surface area contributed by atoms with Crippen molar-refractivity contribution in [3.8, 4) is 0 Å². The number of carbonyl (C=O) groups excluding carboxylic acids is 3. The van der Waals surface area contributed by atoms with Gasteiger partial charge in [0, 0.05) is 36.8 Å². The SMILES string of the molecule is CN(CCNC(=O)C1CC12CCC2)C(=O)C(=O)Nc1ccc(Cl)cc1. The van der Waals surface area contributed by atoms with Crippen molar-refractivity contribution in [3.63, 3.8) is 0 Å². The molecule has 0 bridgehead atoms. The minimum Gasteiger partial charge on any atom is -0.354 e. The molecule has 0 heterocycles. The summed E-state index contributed by atoms with van der Waals surface area (Å²) in [5.74, 6) is -1.14. The molecule has 7 heteroatoms. The lowest BCUT2D eigenvalue weighted by molar-refractivity contribution is -0.142. The number of benzene rings is 1. The summed E-state index contributed by atoms with van der Waals surface area (Å²) in [6, 6.07) is 6.51. The van der Waals surface area contributed by atoms with Crippen LogP contribution in [0.1, 0.15) is 25.7 Å². The molecule has 1 unspecified atom stereocenters. The number of nitrogens with one attached hydrogen (secondary N) is 2. The van der Waals surface area contributed by atoms with Gasteiger partial charge in [-0.15, -0.1) is 0 Å².